The molecular weight excluding hydrogens is 354 g/mol. The topological polar surface area (TPSA) is 66.7 Å². The van der Waals surface area contributed by atoms with Crippen molar-refractivity contribution in [2.75, 3.05) is 26.2 Å². The summed E-state index contributed by atoms with van der Waals surface area (Å²) in [5, 5.41) is 3.94. The van der Waals surface area contributed by atoms with Gasteiger partial charge < -0.3 is 14.3 Å². The summed E-state index contributed by atoms with van der Waals surface area (Å²) in [6.07, 6.45) is 7.43. The van der Waals surface area contributed by atoms with Gasteiger partial charge in [0.05, 0.1) is 5.41 Å². The van der Waals surface area contributed by atoms with Crippen molar-refractivity contribution in [1.29, 1.82) is 0 Å². The van der Waals surface area contributed by atoms with Gasteiger partial charge in [-0.25, -0.2) is 0 Å². The summed E-state index contributed by atoms with van der Waals surface area (Å²) in [4.78, 5) is 29.6. The van der Waals surface area contributed by atoms with Gasteiger partial charge in [-0.3, -0.25) is 9.59 Å². The van der Waals surface area contributed by atoms with Crippen molar-refractivity contribution in [3.8, 4) is 0 Å². The molecule has 1 aliphatic carbocycles. The Kier molecular flexibility index (Phi) is 4.95. The zero-order valence-electron chi connectivity index (χ0n) is 15.1. The van der Waals surface area contributed by atoms with Crippen molar-refractivity contribution >= 4 is 23.4 Å². The van der Waals surface area contributed by atoms with Gasteiger partial charge in [0.2, 0.25) is 11.8 Å². The molecule has 1 atom stereocenters. The maximum Gasteiger partial charge on any atom is 0.230 e. The van der Waals surface area contributed by atoms with E-state index in [1.54, 1.807) is 6.07 Å². The number of rotatable bonds is 5. The van der Waals surface area contributed by atoms with Crippen LogP contribution in [-0.2, 0) is 16.0 Å². The van der Waals surface area contributed by atoms with Crippen LogP contribution in [0.4, 0.5) is 0 Å². The van der Waals surface area contributed by atoms with E-state index in [0.29, 0.717) is 42.8 Å². The van der Waals surface area contributed by atoms with Crippen molar-refractivity contribution in [2.45, 2.75) is 51.4 Å². The minimum atomic E-state index is -0.340. The van der Waals surface area contributed by atoms with E-state index >= 15 is 0 Å². The number of aryl methyl sites for hydroxylation is 1. The molecule has 4 rings (SSSR count). The normalized spacial score (nSPS) is 26.6. The summed E-state index contributed by atoms with van der Waals surface area (Å²) in [6.45, 7) is 3.06. The number of carbonyl (C=O) groups excluding carboxylic acids is 2. The fraction of sp³-hybridized carbons (Fsp3) is 0.737. The molecule has 26 heavy (non-hydrogen) atoms. The van der Waals surface area contributed by atoms with Crippen LogP contribution in [0.15, 0.2) is 10.6 Å². The molecule has 7 heteroatoms. The molecule has 1 saturated carbocycles. The van der Waals surface area contributed by atoms with Crippen LogP contribution in [0.1, 0.15) is 50.7 Å². The Balaban J connectivity index is 1.33. The lowest BCUT2D eigenvalue weighted by Gasteiger charge is -2.42. The third-order valence-corrected chi connectivity index (χ3v) is 6.53. The second kappa shape index (κ2) is 7.22. The maximum absolute atomic E-state index is 13.1. The lowest BCUT2D eigenvalue weighted by atomic mass is 9.77. The van der Waals surface area contributed by atoms with E-state index < -0.39 is 0 Å². The van der Waals surface area contributed by atoms with Crippen molar-refractivity contribution in [2.24, 2.45) is 11.3 Å². The molecule has 0 unspecified atom stereocenters. The van der Waals surface area contributed by atoms with Crippen molar-refractivity contribution in [3.05, 3.63) is 17.0 Å². The molecular formula is C19H26ClN3O3. The monoisotopic (exact) mass is 379 g/mol. The standard InChI is InChI=1S/C19H26ClN3O3/c20-16-11-15(26-21-16)5-6-17(24)23-10-8-19(13-23)7-2-9-22(18(19)25)12-14-3-1-4-14/h11,14H,1-10,12-13H2/t19-/m0/s1. The van der Waals surface area contributed by atoms with E-state index in [4.69, 9.17) is 16.1 Å². The zero-order chi connectivity index (χ0) is 18.1. The van der Waals surface area contributed by atoms with Gasteiger partial charge in [0.15, 0.2) is 5.15 Å². The largest absolute Gasteiger partial charge is 0.360 e. The predicted molar refractivity (Wildman–Crippen MR) is 96.6 cm³/mol. The number of carbonyl (C=O) groups is 2. The first-order valence-electron chi connectivity index (χ1n) is 9.74. The first kappa shape index (κ1) is 17.8. The number of likely N-dealkylation sites (tertiary alicyclic amines) is 2. The van der Waals surface area contributed by atoms with Crippen molar-refractivity contribution in [3.63, 3.8) is 0 Å². The van der Waals surface area contributed by atoms with Crippen LogP contribution in [0.2, 0.25) is 5.15 Å². The lowest BCUT2D eigenvalue weighted by molar-refractivity contribution is -0.147. The fourth-order valence-electron chi connectivity index (χ4n) is 4.57. The van der Waals surface area contributed by atoms with E-state index in [-0.39, 0.29) is 17.2 Å². The molecule has 0 N–H and O–H groups in total. The number of hydrogen-bond donors (Lipinski definition) is 0. The van der Waals surface area contributed by atoms with Crippen LogP contribution in [0.5, 0.6) is 0 Å². The number of piperidine rings is 1. The number of amides is 2. The first-order chi connectivity index (χ1) is 12.6. The molecule has 0 radical (unpaired) electrons. The fourth-order valence-corrected chi connectivity index (χ4v) is 4.73. The third kappa shape index (κ3) is 3.48. The van der Waals surface area contributed by atoms with E-state index in [0.717, 1.165) is 32.4 Å². The molecule has 3 fully saturated rings. The number of aromatic nitrogens is 1. The van der Waals surface area contributed by atoms with Crippen LogP contribution in [0.3, 0.4) is 0 Å². The summed E-state index contributed by atoms with van der Waals surface area (Å²) in [5.74, 6) is 1.69. The highest BCUT2D eigenvalue weighted by Crippen LogP contribution is 2.41. The third-order valence-electron chi connectivity index (χ3n) is 6.35. The zero-order valence-corrected chi connectivity index (χ0v) is 15.8. The maximum atomic E-state index is 13.1. The Hall–Kier alpha value is -1.56. The Morgan fingerprint density at radius 2 is 2.15 bits per heavy atom. The van der Waals surface area contributed by atoms with Gasteiger partial charge in [0.1, 0.15) is 5.76 Å². The van der Waals surface area contributed by atoms with E-state index in [2.05, 4.69) is 10.1 Å². The summed E-state index contributed by atoms with van der Waals surface area (Å²) in [5.41, 5.74) is -0.340. The van der Waals surface area contributed by atoms with Gasteiger partial charge in [-0.05, 0) is 38.0 Å². The van der Waals surface area contributed by atoms with Gasteiger partial charge in [0.25, 0.3) is 0 Å². The molecule has 2 amide bonds. The van der Waals surface area contributed by atoms with Crippen LogP contribution in [0.25, 0.3) is 0 Å². The van der Waals surface area contributed by atoms with E-state index in [1.165, 1.54) is 19.3 Å². The molecule has 2 aliphatic heterocycles. The van der Waals surface area contributed by atoms with Crippen LogP contribution in [0, 0.1) is 11.3 Å². The van der Waals surface area contributed by atoms with Gasteiger partial charge in [0, 0.05) is 45.1 Å². The highest BCUT2D eigenvalue weighted by molar-refractivity contribution is 6.29. The van der Waals surface area contributed by atoms with Gasteiger partial charge >= 0.3 is 0 Å². The van der Waals surface area contributed by atoms with Crippen LogP contribution < -0.4 is 0 Å². The van der Waals surface area contributed by atoms with Crippen molar-refractivity contribution < 1.29 is 14.1 Å². The molecule has 1 aromatic heterocycles. The SMILES string of the molecule is O=C(CCc1cc(Cl)no1)N1CC[C@@]2(CCCN(CC3CCC3)C2=O)C1. The quantitative estimate of drug-likeness (QED) is 0.788. The number of nitrogens with zero attached hydrogens (tertiary/aromatic N) is 3. The second-order valence-corrected chi connectivity index (χ2v) is 8.50. The lowest BCUT2D eigenvalue weighted by Crippen LogP contribution is -2.52. The summed E-state index contributed by atoms with van der Waals surface area (Å²) in [7, 11) is 0. The molecule has 0 aromatic carbocycles. The molecule has 3 heterocycles. The molecule has 3 aliphatic rings. The van der Waals surface area contributed by atoms with E-state index in [1.807, 2.05) is 4.90 Å². The van der Waals surface area contributed by atoms with Crippen LogP contribution >= 0.6 is 11.6 Å². The summed E-state index contributed by atoms with van der Waals surface area (Å²) >= 11 is 5.74. The molecule has 0 bridgehead atoms. The predicted octanol–water partition coefficient (Wildman–Crippen LogP) is 2.90. The molecule has 142 valence electrons. The molecule has 1 aromatic rings. The average Bonchev–Trinajstić information content (AvgIpc) is 3.20. The minimum Gasteiger partial charge on any atom is -0.360 e. The number of hydrogen-bond acceptors (Lipinski definition) is 4. The summed E-state index contributed by atoms with van der Waals surface area (Å²) in [6, 6.07) is 1.64. The Morgan fingerprint density at radius 3 is 2.85 bits per heavy atom. The van der Waals surface area contributed by atoms with Gasteiger partial charge in [-0.1, -0.05) is 23.2 Å². The number of halogens is 1. The van der Waals surface area contributed by atoms with Gasteiger partial charge in [-0.2, -0.15) is 0 Å². The van der Waals surface area contributed by atoms with Gasteiger partial charge in [-0.15, -0.1) is 0 Å². The van der Waals surface area contributed by atoms with E-state index in [9.17, 15) is 9.59 Å². The minimum absolute atomic E-state index is 0.0818. The highest BCUT2D eigenvalue weighted by atomic mass is 35.5. The molecule has 1 spiro atoms. The second-order valence-electron chi connectivity index (χ2n) is 8.11. The summed E-state index contributed by atoms with van der Waals surface area (Å²) < 4.78 is 5.06. The Bertz CT molecular complexity index is 687. The first-order valence-corrected chi connectivity index (χ1v) is 10.1. The Morgan fingerprint density at radius 1 is 1.31 bits per heavy atom. The smallest absolute Gasteiger partial charge is 0.230 e. The molecule has 2 saturated heterocycles. The van der Waals surface area contributed by atoms with Crippen LogP contribution in [-0.4, -0.2) is 52.9 Å². The average molecular weight is 380 g/mol. The Labute approximate surface area is 158 Å². The highest BCUT2D eigenvalue weighted by Gasteiger charge is 2.49. The molecule has 6 nitrogen and oxygen atoms in total. The van der Waals surface area contributed by atoms with Crippen molar-refractivity contribution in [1.82, 2.24) is 15.0 Å².